The first-order valence-corrected chi connectivity index (χ1v) is 8.01. The summed E-state index contributed by atoms with van der Waals surface area (Å²) in [6, 6.07) is 7.69. The molecule has 0 bridgehead atoms. The lowest BCUT2D eigenvalue weighted by atomic mass is 9.83. The lowest BCUT2D eigenvalue weighted by Gasteiger charge is -2.25. The second kappa shape index (κ2) is 6.53. The van der Waals surface area contributed by atoms with Crippen LogP contribution in [0.2, 0.25) is 0 Å². The average molecular weight is 273 g/mol. The fourth-order valence-corrected chi connectivity index (χ4v) is 3.15. The lowest BCUT2D eigenvalue weighted by Crippen LogP contribution is -2.24. The third-order valence-electron chi connectivity index (χ3n) is 4.50. The molecule has 0 spiro atoms. The molecule has 108 valence electrons. The zero-order chi connectivity index (χ0) is 13.8. The van der Waals surface area contributed by atoms with E-state index in [0.29, 0.717) is 5.92 Å². The van der Waals surface area contributed by atoms with Crippen LogP contribution >= 0.6 is 0 Å². The molecule has 0 unspecified atom stereocenters. The number of hydrogen-bond donors (Lipinski definition) is 1. The third-order valence-corrected chi connectivity index (χ3v) is 4.50. The molecule has 20 heavy (non-hydrogen) atoms. The first-order chi connectivity index (χ1) is 9.81. The second-order valence-electron chi connectivity index (χ2n) is 6.26. The maximum absolute atomic E-state index is 13.3. The van der Waals surface area contributed by atoms with Gasteiger partial charge >= 0.3 is 0 Å². The Kier molecular flexibility index (Phi) is 4.51. The Hall–Kier alpha value is -1.15. The monoisotopic (exact) mass is 273 g/mol. The average Bonchev–Trinajstić information content (AvgIpc) is 3.29. The fourth-order valence-electron chi connectivity index (χ4n) is 3.15. The van der Waals surface area contributed by atoms with Gasteiger partial charge in [-0.3, -0.25) is 0 Å². The Labute approximate surface area is 121 Å². The van der Waals surface area contributed by atoms with Gasteiger partial charge in [-0.1, -0.05) is 43.0 Å². The SMILES string of the molecule is Fc1cccc(/C=C(/CNC2CC2)C2CCCCC2)c1. The van der Waals surface area contributed by atoms with Crippen LogP contribution in [0, 0.1) is 11.7 Å². The number of nitrogens with one attached hydrogen (secondary N) is 1. The van der Waals surface area contributed by atoms with Gasteiger partial charge < -0.3 is 5.32 Å². The number of halogens is 1. The highest BCUT2D eigenvalue weighted by molar-refractivity contribution is 5.54. The van der Waals surface area contributed by atoms with Gasteiger partial charge in [0, 0.05) is 12.6 Å². The van der Waals surface area contributed by atoms with Crippen molar-refractivity contribution >= 4 is 6.08 Å². The molecule has 0 aromatic heterocycles. The first kappa shape index (κ1) is 13.8. The zero-order valence-electron chi connectivity index (χ0n) is 12.1. The number of hydrogen-bond acceptors (Lipinski definition) is 1. The summed E-state index contributed by atoms with van der Waals surface area (Å²) in [5.41, 5.74) is 2.48. The molecule has 2 aliphatic carbocycles. The highest BCUT2D eigenvalue weighted by Gasteiger charge is 2.23. The van der Waals surface area contributed by atoms with Crippen molar-refractivity contribution in [2.45, 2.75) is 51.0 Å². The van der Waals surface area contributed by atoms with Gasteiger partial charge in [-0.25, -0.2) is 4.39 Å². The molecular weight excluding hydrogens is 249 g/mol. The standard InChI is InChI=1S/C18H24FN/c19-17-8-4-5-14(12-17)11-16(13-20-18-9-10-18)15-6-2-1-3-7-15/h4-5,8,11-12,15,18,20H,1-3,6-7,9-10,13H2/b16-11-. The van der Waals surface area contributed by atoms with E-state index in [1.54, 1.807) is 12.1 Å². The van der Waals surface area contributed by atoms with Gasteiger partial charge in [0.1, 0.15) is 5.82 Å². The highest BCUT2D eigenvalue weighted by atomic mass is 19.1. The zero-order valence-corrected chi connectivity index (χ0v) is 12.1. The van der Waals surface area contributed by atoms with Crippen molar-refractivity contribution in [3.05, 3.63) is 41.2 Å². The topological polar surface area (TPSA) is 12.0 Å². The van der Waals surface area contributed by atoms with Gasteiger partial charge in [-0.15, -0.1) is 0 Å². The molecule has 0 saturated heterocycles. The molecular formula is C18H24FN. The minimum absolute atomic E-state index is 0.142. The molecule has 2 heteroatoms. The van der Waals surface area contributed by atoms with Gasteiger partial charge in [0.15, 0.2) is 0 Å². The van der Waals surface area contributed by atoms with Crippen LogP contribution in [0.15, 0.2) is 29.8 Å². The summed E-state index contributed by atoms with van der Waals surface area (Å²) in [6.07, 6.45) is 11.5. The van der Waals surface area contributed by atoms with Crippen LogP contribution in [0.4, 0.5) is 4.39 Å². The van der Waals surface area contributed by atoms with Crippen molar-refractivity contribution in [2.24, 2.45) is 5.92 Å². The number of rotatable bonds is 5. The smallest absolute Gasteiger partial charge is 0.123 e. The van der Waals surface area contributed by atoms with Gasteiger partial charge in [-0.2, -0.15) is 0 Å². The predicted molar refractivity (Wildman–Crippen MR) is 82.0 cm³/mol. The Bertz CT molecular complexity index is 470. The Balaban J connectivity index is 1.74. The van der Waals surface area contributed by atoms with Gasteiger partial charge in [0.25, 0.3) is 0 Å². The van der Waals surface area contributed by atoms with Gasteiger partial charge in [-0.05, 0) is 49.3 Å². The summed E-state index contributed by atoms with van der Waals surface area (Å²) < 4.78 is 13.3. The molecule has 1 aromatic rings. The third kappa shape index (κ3) is 3.92. The minimum atomic E-state index is -0.142. The van der Waals surface area contributed by atoms with Crippen LogP contribution in [0.5, 0.6) is 0 Å². The molecule has 2 aliphatic rings. The quantitative estimate of drug-likeness (QED) is 0.830. The summed E-state index contributed by atoms with van der Waals surface area (Å²) >= 11 is 0. The molecule has 0 aliphatic heterocycles. The molecule has 0 radical (unpaired) electrons. The highest BCUT2D eigenvalue weighted by Crippen LogP contribution is 2.31. The first-order valence-electron chi connectivity index (χ1n) is 8.01. The van der Waals surface area contributed by atoms with Crippen molar-refractivity contribution < 1.29 is 4.39 Å². The summed E-state index contributed by atoms with van der Waals surface area (Å²) in [5.74, 6) is 0.551. The normalized spacial score (nSPS) is 21.1. The Morgan fingerprint density at radius 3 is 2.65 bits per heavy atom. The van der Waals surface area contributed by atoms with E-state index in [1.807, 2.05) is 6.07 Å². The predicted octanol–water partition coefficient (Wildman–Crippen LogP) is 4.54. The molecule has 1 nitrogen and oxygen atoms in total. The van der Waals surface area contributed by atoms with E-state index in [2.05, 4.69) is 11.4 Å². The Morgan fingerprint density at radius 2 is 1.95 bits per heavy atom. The summed E-state index contributed by atoms with van der Waals surface area (Å²) in [7, 11) is 0. The minimum Gasteiger partial charge on any atom is -0.310 e. The van der Waals surface area contributed by atoms with Gasteiger partial charge in [0.2, 0.25) is 0 Å². The summed E-state index contributed by atoms with van der Waals surface area (Å²) in [6.45, 7) is 0.978. The fraction of sp³-hybridized carbons (Fsp3) is 0.556. The second-order valence-corrected chi connectivity index (χ2v) is 6.26. The van der Waals surface area contributed by atoms with E-state index in [-0.39, 0.29) is 5.82 Å². The van der Waals surface area contributed by atoms with E-state index >= 15 is 0 Å². The van der Waals surface area contributed by atoms with E-state index in [9.17, 15) is 4.39 Å². The molecule has 0 heterocycles. The summed E-state index contributed by atoms with van der Waals surface area (Å²) in [4.78, 5) is 0. The van der Waals surface area contributed by atoms with Crippen LogP contribution in [-0.2, 0) is 0 Å². The molecule has 0 amide bonds. The summed E-state index contributed by atoms with van der Waals surface area (Å²) in [5, 5.41) is 3.63. The molecule has 1 N–H and O–H groups in total. The van der Waals surface area contributed by atoms with Crippen LogP contribution < -0.4 is 5.32 Å². The van der Waals surface area contributed by atoms with Crippen molar-refractivity contribution in [1.29, 1.82) is 0 Å². The van der Waals surface area contributed by atoms with Crippen LogP contribution in [0.1, 0.15) is 50.5 Å². The van der Waals surface area contributed by atoms with E-state index in [1.165, 1.54) is 56.6 Å². The van der Waals surface area contributed by atoms with Crippen LogP contribution in [0.25, 0.3) is 6.08 Å². The Morgan fingerprint density at radius 1 is 1.15 bits per heavy atom. The van der Waals surface area contributed by atoms with E-state index in [4.69, 9.17) is 0 Å². The molecule has 1 aromatic carbocycles. The lowest BCUT2D eigenvalue weighted by molar-refractivity contribution is 0.396. The van der Waals surface area contributed by atoms with E-state index < -0.39 is 0 Å². The van der Waals surface area contributed by atoms with Gasteiger partial charge in [0.05, 0.1) is 0 Å². The molecule has 2 saturated carbocycles. The number of benzene rings is 1. The van der Waals surface area contributed by atoms with Crippen molar-refractivity contribution in [1.82, 2.24) is 5.32 Å². The van der Waals surface area contributed by atoms with Crippen LogP contribution in [0.3, 0.4) is 0 Å². The molecule has 3 rings (SSSR count). The van der Waals surface area contributed by atoms with Crippen molar-refractivity contribution in [3.8, 4) is 0 Å². The van der Waals surface area contributed by atoms with E-state index in [0.717, 1.165) is 18.2 Å². The van der Waals surface area contributed by atoms with Crippen LogP contribution in [-0.4, -0.2) is 12.6 Å². The maximum atomic E-state index is 13.3. The van der Waals surface area contributed by atoms with Crippen molar-refractivity contribution in [3.63, 3.8) is 0 Å². The van der Waals surface area contributed by atoms with Crippen molar-refractivity contribution in [2.75, 3.05) is 6.54 Å². The molecule has 2 fully saturated rings. The molecule has 0 atom stereocenters. The maximum Gasteiger partial charge on any atom is 0.123 e. The largest absolute Gasteiger partial charge is 0.310 e.